The molecule has 1 atom stereocenters. The average Bonchev–Trinajstić information content (AvgIpc) is 3.27. The van der Waals surface area contributed by atoms with Gasteiger partial charge in [-0.2, -0.15) is 5.48 Å². The lowest BCUT2D eigenvalue weighted by Crippen LogP contribution is -2.73. The third-order valence-electron chi connectivity index (χ3n) is 7.21. The van der Waals surface area contributed by atoms with Crippen LogP contribution in [-0.4, -0.2) is 58.2 Å². The smallest absolute Gasteiger partial charge is 0.278 e. The molecule has 1 unspecified atom stereocenters. The minimum atomic E-state index is -0.390. The van der Waals surface area contributed by atoms with Crippen LogP contribution in [0.1, 0.15) is 48.0 Å². The molecule has 11 nitrogen and oxygen atoms in total. The molecule has 4 heterocycles. The number of quaternary nitrogens is 1. The van der Waals surface area contributed by atoms with Crippen LogP contribution >= 0.6 is 0 Å². The molecule has 0 bridgehead atoms. The van der Waals surface area contributed by atoms with Gasteiger partial charge in [0.05, 0.1) is 5.56 Å². The topological polar surface area (TPSA) is 130 Å². The Morgan fingerprint density at radius 3 is 2.76 bits per heavy atom. The molecule has 0 aliphatic carbocycles. The number of hydrogen-bond donors (Lipinski definition) is 4. The van der Waals surface area contributed by atoms with Gasteiger partial charge >= 0.3 is 0 Å². The number of benzene rings is 1. The zero-order valence-corrected chi connectivity index (χ0v) is 21.2. The van der Waals surface area contributed by atoms with Crippen LogP contribution in [0, 0.1) is 5.92 Å². The molecule has 37 heavy (non-hydrogen) atoms. The highest BCUT2D eigenvalue weighted by Gasteiger charge is 2.22. The second-order valence-electron chi connectivity index (χ2n) is 9.85. The number of carbonyl (C=O) groups excluding carboxylic acids is 1. The van der Waals surface area contributed by atoms with Gasteiger partial charge in [-0.3, -0.25) is 4.79 Å². The Morgan fingerprint density at radius 2 is 2.03 bits per heavy atom. The fourth-order valence-electron chi connectivity index (χ4n) is 5.04. The number of hydrogen-bond acceptors (Lipinski definition) is 8. The van der Waals surface area contributed by atoms with Crippen molar-refractivity contribution >= 4 is 28.4 Å². The quantitative estimate of drug-likeness (QED) is 0.253. The van der Waals surface area contributed by atoms with Gasteiger partial charge in [-0.15, -0.1) is 0 Å². The van der Waals surface area contributed by atoms with Crippen LogP contribution in [0.5, 0.6) is 0 Å². The van der Waals surface area contributed by atoms with Crippen LogP contribution in [-0.2, 0) is 23.2 Å². The summed E-state index contributed by atoms with van der Waals surface area (Å²) in [6, 6.07) is 5.98. The molecule has 11 heteroatoms. The number of carbonyl (C=O) groups is 1. The number of hydroxylamine groups is 1. The molecule has 0 radical (unpaired) electrons. The maximum Gasteiger partial charge on any atom is 0.278 e. The van der Waals surface area contributed by atoms with E-state index in [2.05, 4.69) is 36.4 Å². The lowest BCUT2D eigenvalue weighted by molar-refractivity contribution is -0.825. The number of ether oxygens (including phenoxy) is 1. The molecular formula is C26H36N7O4+. The van der Waals surface area contributed by atoms with Crippen molar-refractivity contribution in [3.8, 4) is 0 Å². The average molecular weight is 511 g/mol. The molecule has 0 spiro atoms. The third-order valence-corrected chi connectivity index (χ3v) is 7.21. The van der Waals surface area contributed by atoms with Gasteiger partial charge in [-0.05, 0) is 49.8 Å². The molecule has 198 valence electrons. The van der Waals surface area contributed by atoms with Gasteiger partial charge in [0.15, 0.2) is 12.0 Å². The highest BCUT2D eigenvalue weighted by Crippen LogP contribution is 2.24. The van der Waals surface area contributed by atoms with Gasteiger partial charge in [0, 0.05) is 81.3 Å². The van der Waals surface area contributed by atoms with Crippen molar-refractivity contribution < 1.29 is 25.1 Å². The minimum absolute atomic E-state index is 0.357. The van der Waals surface area contributed by atoms with Gasteiger partial charge in [-0.25, -0.2) is 25.5 Å². The maximum atomic E-state index is 12.3. The van der Waals surface area contributed by atoms with Crippen LogP contribution in [0.15, 0.2) is 36.8 Å². The Labute approximate surface area is 216 Å². The monoisotopic (exact) mass is 510 g/mol. The van der Waals surface area contributed by atoms with Crippen molar-refractivity contribution in [2.75, 3.05) is 31.1 Å². The summed E-state index contributed by atoms with van der Waals surface area (Å²) in [5.41, 5.74) is 7.14. The van der Waals surface area contributed by atoms with Crippen LogP contribution in [0.25, 0.3) is 10.9 Å². The Balaban J connectivity index is 1.06. The van der Waals surface area contributed by atoms with E-state index in [4.69, 9.17) is 9.57 Å². The molecular weight excluding hydrogens is 474 g/mol. The van der Waals surface area contributed by atoms with Crippen molar-refractivity contribution in [1.29, 1.82) is 0 Å². The first kappa shape index (κ1) is 25.6. The molecule has 2 aromatic heterocycles. The van der Waals surface area contributed by atoms with Gasteiger partial charge < -0.3 is 19.5 Å². The van der Waals surface area contributed by atoms with E-state index in [1.807, 2.05) is 25.2 Å². The number of anilines is 1. The molecule has 2 aliphatic rings. The predicted molar refractivity (Wildman–Crippen MR) is 137 cm³/mol. The van der Waals surface area contributed by atoms with Gasteiger partial charge in [0.25, 0.3) is 5.91 Å². The van der Waals surface area contributed by atoms with Crippen molar-refractivity contribution in [2.45, 2.75) is 44.9 Å². The van der Waals surface area contributed by atoms with E-state index >= 15 is 0 Å². The Morgan fingerprint density at radius 1 is 1.22 bits per heavy atom. The first-order chi connectivity index (χ1) is 18.1. The summed E-state index contributed by atoms with van der Waals surface area (Å²) in [5, 5.41) is 14.1. The van der Waals surface area contributed by atoms with Crippen LogP contribution in [0.2, 0.25) is 0 Å². The summed E-state index contributed by atoms with van der Waals surface area (Å²) in [4.78, 5) is 28.7. The molecule has 1 aromatic carbocycles. The second kappa shape index (κ2) is 12.0. The largest absolute Gasteiger partial charge is 0.350 e. The normalized spacial score (nSPS) is 18.9. The standard InChI is InChI=1S/C26H35N7O4/c1-32-17-20(22-12-21(30-35)5-6-23(22)32)14-27-13-18-7-9-33(10-8-18)26-28-15-19(16-29-26)25(34)31-37-24-4-2-3-11-36-24/h5-6,12,15-18,24,27,30,35H,2-4,7-11,13-14H2,1H3,(H,31,34)/p+1. The fourth-order valence-corrected chi connectivity index (χ4v) is 5.04. The number of nitrogens with two attached hydrogens (primary N) is 1. The predicted octanol–water partition coefficient (Wildman–Crippen LogP) is 1.75. The molecule has 5 N–H and O–H groups in total. The van der Waals surface area contributed by atoms with E-state index < -0.39 is 6.29 Å². The first-order valence-corrected chi connectivity index (χ1v) is 13.0. The van der Waals surface area contributed by atoms with E-state index in [0.717, 1.165) is 80.4 Å². The number of nitrogens with zero attached hydrogens (tertiary/aromatic N) is 4. The Bertz CT molecular complexity index is 1190. The lowest BCUT2D eigenvalue weighted by atomic mass is 9.97. The summed E-state index contributed by atoms with van der Waals surface area (Å²) in [6.07, 6.45) is 9.77. The van der Waals surface area contributed by atoms with Crippen molar-refractivity contribution in [3.63, 3.8) is 0 Å². The number of piperidine rings is 1. The summed E-state index contributed by atoms with van der Waals surface area (Å²) >= 11 is 0. The number of aromatic nitrogens is 3. The number of aryl methyl sites for hydroxylation is 1. The van der Waals surface area contributed by atoms with E-state index in [-0.39, 0.29) is 5.91 Å². The maximum absolute atomic E-state index is 12.3. The van der Waals surface area contributed by atoms with Crippen molar-refractivity contribution in [1.82, 2.24) is 25.3 Å². The molecule has 0 saturated carbocycles. The van der Waals surface area contributed by atoms with Gasteiger partial charge in [-0.1, -0.05) is 0 Å². The van der Waals surface area contributed by atoms with E-state index in [9.17, 15) is 10.0 Å². The number of rotatable bonds is 9. The summed E-state index contributed by atoms with van der Waals surface area (Å²) in [6.45, 7) is 4.14. The lowest BCUT2D eigenvalue weighted by Gasteiger charge is -2.32. The number of nitrogens with one attached hydrogen (secondary N) is 2. The number of fused-ring (bicyclic) bond motifs is 1. The molecule has 3 aromatic rings. The van der Waals surface area contributed by atoms with Crippen molar-refractivity contribution in [3.05, 3.63) is 47.9 Å². The van der Waals surface area contributed by atoms with E-state index in [0.29, 0.717) is 24.0 Å². The fraction of sp³-hybridized carbons (Fsp3) is 0.500. The van der Waals surface area contributed by atoms with Crippen molar-refractivity contribution in [2.24, 2.45) is 13.0 Å². The molecule has 1 amide bonds. The highest BCUT2D eigenvalue weighted by molar-refractivity contribution is 5.92. The molecule has 2 fully saturated rings. The van der Waals surface area contributed by atoms with Gasteiger partial charge in [0.1, 0.15) is 0 Å². The number of amides is 1. The second-order valence-corrected chi connectivity index (χ2v) is 9.85. The Hall–Kier alpha value is -3.09. The minimum Gasteiger partial charge on any atom is -0.350 e. The summed E-state index contributed by atoms with van der Waals surface area (Å²) in [7, 11) is 2.05. The van der Waals surface area contributed by atoms with E-state index in [1.54, 1.807) is 12.4 Å². The van der Waals surface area contributed by atoms with Crippen LogP contribution < -0.4 is 21.2 Å². The first-order valence-electron chi connectivity index (χ1n) is 13.0. The molecule has 2 aliphatic heterocycles. The third kappa shape index (κ3) is 6.25. The zero-order valence-electron chi connectivity index (χ0n) is 21.2. The summed E-state index contributed by atoms with van der Waals surface area (Å²) < 4.78 is 7.58. The molecule has 2 saturated heterocycles. The summed E-state index contributed by atoms with van der Waals surface area (Å²) in [5.74, 6) is 0.853. The Kier molecular flexibility index (Phi) is 8.27. The van der Waals surface area contributed by atoms with Gasteiger partial charge in [0.2, 0.25) is 5.95 Å². The SMILES string of the molecule is Cn1cc(CNCC2CCN(c3ncc(C(=O)NOC4CCCCO4)cn3)CC2)c2cc([NH2+]O)ccc21. The van der Waals surface area contributed by atoms with Crippen LogP contribution in [0.4, 0.5) is 11.6 Å². The molecule has 5 rings (SSSR count). The van der Waals surface area contributed by atoms with Crippen LogP contribution in [0.3, 0.4) is 0 Å². The van der Waals surface area contributed by atoms with E-state index in [1.165, 1.54) is 5.56 Å². The highest BCUT2D eigenvalue weighted by atomic mass is 16.8. The zero-order chi connectivity index (χ0) is 25.6.